The summed E-state index contributed by atoms with van der Waals surface area (Å²) >= 11 is 8.28. The number of benzene rings is 1. The molecule has 1 aromatic carbocycles. The third-order valence-electron chi connectivity index (χ3n) is 2.01. The van der Waals surface area contributed by atoms with Crippen molar-refractivity contribution in [3.8, 4) is 0 Å². The van der Waals surface area contributed by atoms with Crippen LogP contribution in [-0.2, 0) is 6.54 Å². The molecule has 0 aliphatic heterocycles. The Morgan fingerprint density at radius 2 is 2.27 bits per heavy atom. The van der Waals surface area contributed by atoms with E-state index in [1.54, 1.807) is 6.07 Å². The monoisotopic (exact) mass is 333 g/mol. The van der Waals surface area contributed by atoms with Crippen molar-refractivity contribution in [1.82, 2.24) is 9.78 Å². The number of hydrogen-bond donors (Lipinski definition) is 1. The molecule has 2 rings (SSSR count). The van der Waals surface area contributed by atoms with Crippen LogP contribution in [0.15, 0.2) is 30.6 Å². The standard InChI is InChI=1S/C10H9ClIN3/c11-10-3-9(13)2-1-7(10)5-15-6-8(12)4-14-15/h1-4,6H,5,13H2. The number of aromatic nitrogens is 2. The molecule has 0 aliphatic rings. The Hall–Kier alpha value is -0.750. The first kappa shape index (κ1) is 10.8. The van der Waals surface area contributed by atoms with Crippen LogP contribution in [0.4, 0.5) is 5.69 Å². The van der Waals surface area contributed by atoms with Gasteiger partial charge in [0.25, 0.3) is 0 Å². The summed E-state index contributed by atoms with van der Waals surface area (Å²) < 4.78 is 2.96. The summed E-state index contributed by atoms with van der Waals surface area (Å²) in [5.41, 5.74) is 7.32. The highest BCUT2D eigenvalue weighted by Gasteiger charge is 2.02. The summed E-state index contributed by atoms with van der Waals surface area (Å²) in [6.45, 7) is 0.669. The molecule has 2 N–H and O–H groups in total. The number of hydrogen-bond acceptors (Lipinski definition) is 2. The van der Waals surface area contributed by atoms with Crippen LogP contribution >= 0.6 is 34.2 Å². The predicted octanol–water partition coefficient (Wildman–Crippen LogP) is 2.77. The maximum Gasteiger partial charge on any atom is 0.0674 e. The van der Waals surface area contributed by atoms with Crippen molar-refractivity contribution in [2.75, 3.05) is 5.73 Å². The van der Waals surface area contributed by atoms with Crippen LogP contribution in [0.1, 0.15) is 5.56 Å². The average Bonchev–Trinajstić information content (AvgIpc) is 2.56. The quantitative estimate of drug-likeness (QED) is 0.678. The van der Waals surface area contributed by atoms with Gasteiger partial charge in [-0.05, 0) is 40.3 Å². The molecule has 0 saturated carbocycles. The van der Waals surface area contributed by atoms with E-state index in [0.29, 0.717) is 17.3 Å². The number of nitrogen functional groups attached to an aromatic ring is 1. The Labute approximate surface area is 106 Å². The van der Waals surface area contributed by atoms with Gasteiger partial charge in [-0.2, -0.15) is 5.10 Å². The van der Waals surface area contributed by atoms with E-state index in [9.17, 15) is 0 Å². The molecule has 5 heteroatoms. The molecule has 1 aromatic heterocycles. The fraction of sp³-hybridized carbons (Fsp3) is 0.100. The summed E-state index contributed by atoms with van der Waals surface area (Å²) in [4.78, 5) is 0. The minimum absolute atomic E-state index is 0.669. The first-order chi connectivity index (χ1) is 7.15. The molecule has 0 fully saturated rings. The lowest BCUT2D eigenvalue weighted by molar-refractivity contribution is 0.687. The lowest BCUT2D eigenvalue weighted by Gasteiger charge is -2.05. The molecule has 0 unspecified atom stereocenters. The predicted molar refractivity (Wildman–Crippen MR) is 69.9 cm³/mol. The zero-order valence-corrected chi connectivity index (χ0v) is 10.7. The minimum atomic E-state index is 0.669. The lowest BCUT2D eigenvalue weighted by atomic mass is 10.2. The largest absolute Gasteiger partial charge is 0.399 e. The summed E-state index contributed by atoms with van der Waals surface area (Å²) in [5, 5.41) is 4.87. The molecule has 0 spiro atoms. The fourth-order valence-corrected chi connectivity index (χ4v) is 1.99. The van der Waals surface area contributed by atoms with E-state index in [4.69, 9.17) is 17.3 Å². The summed E-state index contributed by atoms with van der Waals surface area (Å²) in [6, 6.07) is 5.52. The van der Waals surface area contributed by atoms with Crippen LogP contribution in [0.25, 0.3) is 0 Å². The lowest BCUT2D eigenvalue weighted by Crippen LogP contribution is -2.00. The Kier molecular flexibility index (Phi) is 3.16. The highest BCUT2D eigenvalue weighted by Crippen LogP contribution is 2.20. The Morgan fingerprint density at radius 1 is 1.47 bits per heavy atom. The molecular weight excluding hydrogens is 324 g/mol. The van der Waals surface area contributed by atoms with Gasteiger partial charge in [-0.15, -0.1) is 0 Å². The third kappa shape index (κ3) is 2.63. The van der Waals surface area contributed by atoms with E-state index in [1.807, 2.05) is 29.2 Å². The Balaban J connectivity index is 2.24. The highest BCUT2D eigenvalue weighted by atomic mass is 127. The number of nitrogens with zero attached hydrogens (tertiary/aromatic N) is 2. The normalized spacial score (nSPS) is 10.5. The van der Waals surface area contributed by atoms with Gasteiger partial charge in [0, 0.05) is 16.9 Å². The number of nitrogens with two attached hydrogens (primary N) is 1. The molecular formula is C10H9ClIN3. The van der Waals surface area contributed by atoms with Crippen LogP contribution in [0.5, 0.6) is 0 Å². The summed E-state index contributed by atoms with van der Waals surface area (Å²) in [6.07, 6.45) is 3.78. The van der Waals surface area contributed by atoms with Crippen molar-refractivity contribution in [1.29, 1.82) is 0 Å². The number of anilines is 1. The van der Waals surface area contributed by atoms with Crippen molar-refractivity contribution >= 4 is 39.9 Å². The first-order valence-corrected chi connectivity index (χ1v) is 5.82. The zero-order chi connectivity index (χ0) is 10.8. The second-order valence-corrected chi connectivity index (χ2v) is 4.86. The van der Waals surface area contributed by atoms with Crippen molar-refractivity contribution in [2.45, 2.75) is 6.54 Å². The molecule has 0 aliphatic carbocycles. The van der Waals surface area contributed by atoms with Crippen LogP contribution in [0, 0.1) is 3.57 Å². The van der Waals surface area contributed by atoms with Crippen LogP contribution in [-0.4, -0.2) is 9.78 Å². The summed E-state index contributed by atoms with van der Waals surface area (Å²) in [7, 11) is 0. The van der Waals surface area contributed by atoms with Crippen LogP contribution < -0.4 is 5.73 Å². The van der Waals surface area contributed by atoms with E-state index in [1.165, 1.54) is 0 Å². The van der Waals surface area contributed by atoms with Gasteiger partial charge in [0.15, 0.2) is 0 Å². The van der Waals surface area contributed by atoms with Gasteiger partial charge in [0.05, 0.1) is 16.3 Å². The molecule has 78 valence electrons. The molecule has 0 bridgehead atoms. The second-order valence-electron chi connectivity index (χ2n) is 3.21. The smallest absolute Gasteiger partial charge is 0.0674 e. The van der Waals surface area contributed by atoms with Crippen molar-refractivity contribution in [3.05, 3.63) is 44.7 Å². The van der Waals surface area contributed by atoms with E-state index >= 15 is 0 Å². The summed E-state index contributed by atoms with van der Waals surface area (Å²) in [5.74, 6) is 0. The fourth-order valence-electron chi connectivity index (χ4n) is 1.29. The van der Waals surface area contributed by atoms with Gasteiger partial charge in [-0.1, -0.05) is 17.7 Å². The molecule has 0 saturated heterocycles. The topological polar surface area (TPSA) is 43.8 Å². The van der Waals surface area contributed by atoms with Gasteiger partial charge in [-0.3, -0.25) is 4.68 Å². The number of rotatable bonds is 2. The molecule has 0 radical (unpaired) electrons. The van der Waals surface area contributed by atoms with Crippen molar-refractivity contribution < 1.29 is 0 Å². The van der Waals surface area contributed by atoms with E-state index in [-0.39, 0.29) is 0 Å². The zero-order valence-electron chi connectivity index (χ0n) is 7.82. The molecule has 0 amide bonds. The maximum atomic E-state index is 6.06. The highest BCUT2D eigenvalue weighted by molar-refractivity contribution is 14.1. The van der Waals surface area contributed by atoms with E-state index in [2.05, 4.69) is 27.7 Å². The minimum Gasteiger partial charge on any atom is -0.399 e. The van der Waals surface area contributed by atoms with Crippen molar-refractivity contribution in [3.63, 3.8) is 0 Å². The SMILES string of the molecule is Nc1ccc(Cn2cc(I)cn2)c(Cl)c1. The first-order valence-electron chi connectivity index (χ1n) is 4.37. The molecule has 2 aromatic rings. The second kappa shape index (κ2) is 4.40. The van der Waals surface area contributed by atoms with E-state index < -0.39 is 0 Å². The van der Waals surface area contributed by atoms with Gasteiger partial charge < -0.3 is 5.73 Å². The van der Waals surface area contributed by atoms with Gasteiger partial charge in [0.2, 0.25) is 0 Å². The molecule has 0 atom stereocenters. The van der Waals surface area contributed by atoms with Crippen LogP contribution in [0.2, 0.25) is 5.02 Å². The van der Waals surface area contributed by atoms with Crippen molar-refractivity contribution in [2.24, 2.45) is 0 Å². The molecule has 1 heterocycles. The van der Waals surface area contributed by atoms with E-state index in [0.717, 1.165) is 9.13 Å². The maximum absolute atomic E-state index is 6.06. The van der Waals surface area contributed by atoms with Gasteiger partial charge >= 0.3 is 0 Å². The van der Waals surface area contributed by atoms with Crippen LogP contribution in [0.3, 0.4) is 0 Å². The Morgan fingerprint density at radius 3 is 2.87 bits per heavy atom. The van der Waals surface area contributed by atoms with Gasteiger partial charge in [0.1, 0.15) is 0 Å². The Bertz CT molecular complexity index is 481. The molecule has 15 heavy (non-hydrogen) atoms. The van der Waals surface area contributed by atoms with Gasteiger partial charge in [-0.25, -0.2) is 0 Å². The number of halogens is 2. The molecule has 3 nitrogen and oxygen atoms in total. The average molecular weight is 334 g/mol. The third-order valence-corrected chi connectivity index (χ3v) is 2.92.